The number of thioether (sulfide) groups is 1. The molecule has 2 aliphatic rings. The Morgan fingerprint density at radius 3 is 3.04 bits per heavy atom. The number of hydrogen-bond donors (Lipinski definition) is 1. The first-order valence-corrected chi connectivity index (χ1v) is 11.4. The SMILES string of the molecule is CC1SCC/C1=N\NC(=O)C(c1cccc(Cl)c1)N1CCc2sccc2C1. The number of thiophene rings is 1. The molecule has 4 nitrogen and oxygen atoms in total. The van der Waals surface area contributed by atoms with Crippen LogP contribution in [0.4, 0.5) is 0 Å². The van der Waals surface area contributed by atoms with Gasteiger partial charge in [0.25, 0.3) is 5.91 Å². The van der Waals surface area contributed by atoms with Crippen molar-refractivity contribution in [3.8, 4) is 0 Å². The predicted octanol–water partition coefficient (Wildman–Crippen LogP) is 4.50. The van der Waals surface area contributed by atoms with Crippen molar-refractivity contribution in [1.29, 1.82) is 0 Å². The third-order valence-corrected chi connectivity index (χ3v) is 7.59. The van der Waals surface area contributed by atoms with Crippen LogP contribution in [0.2, 0.25) is 5.02 Å². The van der Waals surface area contributed by atoms with Crippen molar-refractivity contribution in [1.82, 2.24) is 10.3 Å². The van der Waals surface area contributed by atoms with Crippen molar-refractivity contribution in [3.05, 3.63) is 56.7 Å². The summed E-state index contributed by atoms with van der Waals surface area (Å²) in [7, 11) is 0. The highest BCUT2D eigenvalue weighted by Gasteiger charge is 2.31. The van der Waals surface area contributed by atoms with E-state index in [2.05, 4.69) is 33.8 Å². The molecule has 0 aliphatic carbocycles. The van der Waals surface area contributed by atoms with Crippen LogP contribution in [0.3, 0.4) is 0 Å². The van der Waals surface area contributed by atoms with Crippen molar-refractivity contribution in [3.63, 3.8) is 0 Å². The van der Waals surface area contributed by atoms with Gasteiger partial charge in [-0.15, -0.1) is 11.3 Å². The molecular formula is C20H22ClN3OS2. The first-order chi connectivity index (χ1) is 13.1. The number of nitrogens with zero attached hydrogens (tertiary/aromatic N) is 2. The second kappa shape index (κ2) is 8.35. The summed E-state index contributed by atoms with van der Waals surface area (Å²) in [6, 6.07) is 9.36. The second-order valence-electron chi connectivity index (χ2n) is 6.89. The van der Waals surface area contributed by atoms with Crippen LogP contribution in [0.25, 0.3) is 0 Å². The molecule has 2 aliphatic heterocycles. The molecule has 4 rings (SSSR count). The number of carbonyl (C=O) groups excluding carboxylic acids is 1. The summed E-state index contributed by atoms with van der Waals surface area (Å²) >= 11 is 9.89. The summed E-state index contributed by atoms with van der Waals surface area (Å²) in [4.78, 5) is 16.8. The summed E-state index contributed by atoms with van der Waals surface area (Å²) in [5.41, 5.74) is 6.14. The molecule has 2 atom stereocenters. The zero-order valence-corrected chi connectivity index (χ0v) is 17.5. The van der Waals surface area contributed by atoms with E-state index in [1.54, 1.807) is 11.3 Å². The average molecular weight is 420 g/mol. The highest BCUT2D eigenvalue weighted by Crippen LogP contribution is 2.31. The Morgan fingerprint density at radius 1 is 1.37 bits per heavy atom. The molecule has 2 unspecified atom stereocenters. The Balaban J connectivity index is 1.59. The van der Waals surface area contributed by atoms with Gasteiger partial charge >= 0.3 is 0 Å². The maximum absolute atomic E-state index is 13.2. The van der Waals surface area contributed by atoms with Crippen LogP contribution in [0.5, 0.6) is 0 Å². The van der Waals surface area contributed by atoms with E-state index in [9.17, 15) is 4.79 Å². The molecule has 2 aromatic rings. The molecular weight excluding hydrogens is 398 g/mol. The second-order valence-corrected chi connectivity index (χ2v) is 9.78. The summed E-state index contributed by atoms with van der Waals surface area (Å²) in [5, 5.41) is 7.59. The molecule has 1 N–H and O–H groups in total. The fourth-order valence-corrected chi connectivity index (χ4v) is 5.80. The molecule has 1 fully saturated rings. The van der Waals surface area contributed by atoms with Gasteiger partial charge in [0.15, 0.2) is 0 Å². The van der Waals surface area contributed by atoms with E-state index in [0.29, 0.717) is 10.3 Å². The summed E-state index contributed by atoms with van der Waals surface area (Å²) in [6.07, 6.45) is 1.91. The molecule has 1 aromatic heterocycles. The molecule has 1 aromatic carbocycles. The lowest BCUT2D eigenvalue weighted by Crippen LogP contribution is -2.41. The maximum atomic E-state index is 13.2. The molecule has 0 radical (unpaired) electrons. The van der Waals surface area contributed by atoms with Crippen LogP contribution in [-0.4, -0.2) is 34.1 Å². The molecule has 0 bridgehead atoms. The normalized spacial score (nSPS) is 22.6. The molecule has 7 heteroatoms. The van der Waals surface area contributed by atoms with Crippen molar-refractivity contribution in [2.24, 2.45) is 5.10 Å². The molecule has 0 saturated carbocycles. The number of fused-ring (bicyclic) bond motifs is 1. The van der Waals surface area contributed by atoms with E-state index in [-0.39, 0.29) is 5.91 Å². The van der Waals surface area contributed by atoms with Gasteiger partial charge in [-0.05, 0) is 60.2 Å². The lowest BCUT2D eigenvalue weighted by molar-refractivity contribution is -0.127. The zero-order valence-electron chi connectivity index (χ0n) is 15.2. The molecule has 1 amide bonds. The fourth-order valence-electron chi connectivity index (χ4n) is 3.67. The Labute approximate surface area is 173 Å². The maximum Gasteiger partial charge on any atom is 0.262 e. The van der Waals surface area contributed by atoms with Gasteiger partial charge in [0.2, 0.25) is 0 Å². The lowest BCUT2D eigenvalue weighted by atomic mass is 10.0. The minimum absolute atomic E-state index is 0.0902. The Hall–Kier alpha value is -1.34. The van der Waals surface area contributed by atoms with E-state index in [0.717, 1.165) is 43.0 Å². The third kappa shape index (κ3) is 4.24. The number of carbonyl (C=O) groups is 1. The zero-order chi connectivity index (χ0) is 18.8. The molecule has 3 heterocycles. The van der Waals surface area contributed by atoms with E-state index in [4.69, 9.17) is 11.6 Å². The van der Waals surface area contributed by atoms with Crippen LogP contribution >= 0.6 is 34.7 Å². The van der Waals surface area contributed by atoms with Gasteiger partial charge < -0.3 is 0 Å². The number of hydrogen-bond acceptors (Lipinski definition) is 5. The Bertz CT molecular complexity index is 866. The minimum atomic E-state index is -0.398. The van der Waals surface area contributed by atoms with Gasteiger partial charge in [0.1, 0.15) is 6.04 Å². The number of nitrogens with one attached hydrogen (secondary N) is 1. The Kier molecular flexibility index (Phi) is 5.88. The predicted molar refractivity (Wildman–Crippen MR) is 115 cm³/mol. The van der Waals surface area contributed by atoms with Crippen molar-refractivity contribution in [2.75, 3.05) is 12.3 Å². The largest absolute Gasteiger partial charge is 0.284 e. The van der Waals surface area contributed by atoms with Crippen LogP contribution in [-0.2, 0) is 17.8 Å². The number of hydrazone groups is 1. The average Bonchev–Trinajstić information content (AvgIpc) is 3.28. The van der Waals surface area contributed by atoms with Crippen molar-refractivity contribution in [2.45, 2.75) is 37.6 Å². The van der Waals surface area contributed by atoms with Crippen LogP contribution in [0.15, 0.2) is 40.8 Å². The number of halogens is 1. The Morgan fingerprint density at radius 2 is 2.26 bits per heavy atom. The van der Waals surface area contributed by atoms with Crippen LogP contribution in [0, 0.1) is 0 Å². The summed E-state index contributed by atoms with van der Waals surface area (Å²) < 4.78 is 0. The van der Waals surface area contributed by atoms with Gasteiger partial charge in [-0.2, -0.15) is 16.9 Å². The van der Waals surface area contributed by atoms with Gasteiger partial charge in [0, 0.05) is 28.2 Å². The molecule has 1 saturated heterocycles. The number of rotatable bonds is 4. The highest BCUT2D eigenvalue weighted by molar-refractivity contribution is 8.01. The summed E-state index contributed by atoms with van der Waals surface area (Å²) in [6.45, 7) is 3.76. The lowest BCUT2D eigenvalue weighted by Gasteiger charge is -2.33. The molecule has 0 spiro atoms. The number of amides is 1. The first kappa shape index (κ1) is 19.0. The van der Waals surface area contributed by atoms with Gasteiger partial charge in [-0.1, -0.05) is 23.7 Å². The topological polar surface area (TPSA) is 44.7 Å². The third-order valence-electron chi connectivity index (χ3n) is 5.12. The smallest absolute Gasteiger partial charge is 0.262 e. The molecule has 27 heavy (non-hydrogen) atoms. The first-order valence-electron chi connectivity index (χ1n) is 9.14. The van der Waals surface area contributed by atoms with Gasteiger partial charge in [-0.3, -0.25) is 9.69 Å². The minimum Gasteiger partial charge on any atom is -0.284 e. The monoisotopic (exact) mass is 419 g/mol. The van der Waals surface area contributed by atoms with Crippen LogP contribution < -0.4 is 5.43 Å². The summed E-state index contributed by atoms with van der Waals surface area (Å²) in [5.74, 6) is 0.980. The van der Waals surface area contributed by atoms with Crippen molar-refractivity contribution >= 4 is 46.3 Å². The van der Waals surface area contributed by atoms with E-state index in [1.165, 1.54) is 10.4 Å². The standard InChI is InChI=1S/C20H22ClN3OS2/c1-13-17(7-10-26-13)22-23-20(25)19(14-3-2-4-16(21)11-14)24-8-5-18-15(12-24)6-9-27-18/h2-4,6,9,11,13,19H,5,7-8,10,12H2,1H3,(H,23,25)/b22-17+. The molecule has 142 valence electrons. The van der Waals surface area contributed by atoms with Crippen LogP contribution in [0.1, 0.15) is 35.4 Å². The van der Waals surface area contributed by atoms with Gasteiger partial charge in [0.05, 0.1) is 5.71 Å². The quantitative estimate of drug-likeness (QED) is 0.742. The fraction of sp³-hybridized carbons (Fsp3) is 0.400. The van der Waals surface area contributed by atoms with Crippen molar-refractivity contribution < 1.29 is 4.79 Å². The van der Waals surface area contributed by atoms with E-state index < -0.39 is 6.04 Å². The number of benzene rings is 1. The highest BCUT2D eigenvalue weighted by atomic mass is 35.5. The van der Waals surface area contributed by atoms with E-state index in [1.807, 2.05) is 36.0 Å². The van der Waals surface area contributed by atoms with Gasteiger partial charge in [-0.25, -0.2) is 5.43 Å². The van der Waals surface area contributed by atoms with E-state index >= 15 is 0 Å².